The van der Waals surface area contributed by atoms with E-state index in [2.05, 4.69) is 10.00 Å². The lowest BCUT2D eigenvalue weighted by Gasteiger charge is -2.21. The zero-order valence-corrected chi connectivity index (χ0v) is 13.7. The number of aryl methyl sites for hydroxylation is 1. The summed E-state index contributed by atoms with van der Waals surface area (Å²) in [4.78, 5) is 2.36. The lowest BCUT2D eigenvalue weighted by atomic mass is 10.1. The first-order chi connectivity index (χ1) is 11.8. The van der Waals surface area contributed by atoms with Crippen LogP contribution < -0.4 is 14.2 Å². The number of methoxy groups -OCH3 is 1. The maximum Gasteiger partial charge on any atom is 0.231 e. The SMILES string of the molecule is COc1cc2c(cc1CN1CCCn3nc(CO)cc3C1)OCO2. The summed E-state index contributed by atoms with van der Waals surface area (Å²) in [6, 6.07) is 5.88. The zero-order valence-electron chi connectivity index (χ0n) is 13.7. The number of rotatable bonds is 4. The Bertz CT molecular complexity index is 744. The Morgan fingerprint density at radius 1 is 1.21 bits per heavy atom. The number of aromatic nitrogens is 2. The van der Waals surface area contributed by atoms with Gasteiger partial charge in [0.1, 0.15) is 5.75 Å². The van der Waals surface area contributed by atoms with Crippen LogP contribution >= 0.6 is 0 Å². The van der Waals surface area contributed by atoms with Gasteiger partial charge in [-0.15, -0.1) is 0 Å². The third-order valence-corrected chi connectivity index (χ3v) is 4.48. The van der Waals surface area contributed by atoms with Gasteiger partial charge in [0.2, 0.25) is 6.79 Å². The van der Waals surface area contributed by atoms with E-state index in [9.17, 15) is 5.11 Å². The Balaban J connectivity index is 1.56. The van der Waals surface area contributed by atoms with Gasteiger partial charge in [-0.05, 0) is 18.6 Å². The summed E-state index contributed by atoms with van der Waals surface area (Å²) < 4.78 is 18.4. The van der Waals surface area contributed by atoms with Crippen molar-refractivity contribution in [2.75, 3.05) is 20.4 Å². The molecule has 0 fully saturated rings. The molecule has 128 valence electrons. The van der Waals surface area contributed by atoms with Crippen molar-refractivity contribution in [3.63, 3.8) is 0 Å². The standard InChI is InChI=1S/C17H21N3O4/c1-22-15-7-17-16(23-11-24-17)5-12(15)8-19-3-2-4-20-14(9-19)6-13(10-21)18-20/h5-7,21H,2-4,8-11H2,1H3. The van der Waals surface area contributed by atoms with Gasteiger partial charge < -0.3 is 19.3 Å². The van der Waals surface area contributed by atoms with Crippen molar-refractivity contribution in [3.8, 4) is 17.2 Å². The molecular formula is C17H21N3O4. The molecule has 3 heterocycles. The number of ether oxygens (including phenoxy) is 3. The number of aliphatic hydroxyl groups excluding tert-OH is 1. The number of aliphatic hydroxyl groups is 1. The van der Waals surface area contributed by atoms with E-state index in [-0.39, 0.29) is 13.4 Å². The molecule has 4 rings (SSSR count). The summed E-state index contributed by atoms with van der Waals surface area (Å²) in [6.07, 6.45) is 1.02. The predicted octanol–water partition coefficient (Wildman–Crippen LogP) is 1.52. The largest absolute Gasteiger partial charge is 0.496 e. The average molecular weight is 331 g/mol. The molecule has 2 aromatic rings. The second-order valence-electron chi connectivity index (χ2n) is 6.09. The number of benzene rings is 1. The molecule has 0 radical (unpaired) electrons. The molecule has 0 amide bonds. The van der Waals surface area contributed by atoms with Crippen LogP contribution in [0.2, 0.25) is 0 Å². The summed E-state index contributed by atoms with van der Waals surface area (Å²) in [5.41, 5.74) is 2.95. The molecular weight excluding hydrogens is 310 g/mol. The molecule has 0 unspecified atom stereocenters. The normalized spacial score (nSPS) is 16.8. The van der Waals surface area contributed by atoms with Gasteiger partial charge in [0.25, 0.3) is 0 Å². The lowest BCUT2D eigenvalue weighted by molar-refractivity contribution is 0.173. The van der Waals surface area contributed by atoms with Gasteiger partial charge in [0.15, 0.2) is 11.5 Å². The Morgan fingerprint density at radius 2 is 2.04 bits per heavy atom. The summed E-state index contributed by atoms with van der Waals surface area (Å²) in [5.74, 6) is 2.32. The zero-order chi connectivity index (χ0) is 16.5. The molecule has 0 aliphatic carbocycles. The number of hydrogen-bond donors (Lipinski definition) is 1. The summed E-state index contributed by atoms with van der Waals surface area (Å²) >= 11 is 0. The molecule has 0 bridgehead atoms. The van der Waals surface area contributed by atoms with Crippen molar-refractivity contribution in [1.82, 2.24) is 14.7 Å². The van der Waals surface area contributed by atoms with Gasteiger partial charge in [-0.1, -0.05) is 0 Å². The van der Waals surface area contributed by atoms with E-state index in [1.165, 1.54) is 0 Å². The van der Waals surface area contributed by atoms with Crippen molar-refractivity contribution >= 4 is 0 Å². The number of nitrogens with zero attached hydrogens (tertiary/aromatic N) is 3. The van der Waals surface area contributed by atoms with Crippen molar-refractivity contribution in [1.29, 1.82) is 0 Å². The van der Waals surface area contributed by atoms with Gasteiger partial charge >= 0.3 is 0 Å². The molecule has 1 aromatic carbocycles. The minimum absolute atomic E-state index is 0.0179. The van der Waals surface area contributed by atoms with Gasteiger partial charge in [-0.3, -0.25) is 9.58 Å². The second-order valence-corrected chi connectivity index (χ2v) is 6.09. The second kappa shape index (κ2) is 6.33. The van der Waals surface area contributed by atoms with E-state index in [1.807, 2.05) is 22.9 Å². The highest BCUT2D eigenvalue weighted by molar-refractivity contribution is 5.51. The molecule has 2 aliphatic heterocycles. The summed E-state index contributed by atoms with van der Waals surface area (Å²) in [5, 5.41) is 13.7. The smallest absolute Gasteiger partial charge is 0.231 e. The fourth-order valence-corrected chi connectivity index (χ4v) is 3.32. The third kappa shape index (κ3) is 2.81. The van der Waals surface area contributed by atoms with Crippen LogP contribution in [0.5, 0.6) is 17.2 Å². The summed E-state index contributed by atoms with van der Waals surface area (Å²) in [6.45, 7) is 3.66. The van der Waals surface area contributed by atoms with E-state index in [1.54, 1.807) is 7.11 Å². The van der Waals surface area contributed by atoms with E-state index < -0.39 is 0 Å². The molecule has 24 heavy (non-hydrogen) atoms. The first-order valence-corrected chi connectivity index (χ1v) is 8.12. The average Bonchev–Trinajstić information content (AvgIpc) is 3.16. The molecule has 2 aliphatic rings. The van der Waals surface area contributed by atoms with Crippen LogP contribution in [-0.4, -0.2) is 40.2 Å². The van der Waals surface area contributed by atoms with Gasteiger partial charge in [0, 0.05) is 37.8 Å². The van der Waals surface area contributed by atoms with E-state index >= 15 is 0 Å². The van der Waals surface area contributed by atoms with E-state index in [0.717, 1.165) is 66.8 Å². The van der Waals surface area contributed by atoms with Gasteiger partial charge in [-0.25, -0.2) is 0 Å². The highest BCUT2D eigenvalue weighted by Crippen LogP contribution is 2.38. The van der Waals surface area contributed by atoms with Crippen molar-refractivity contribution in [2.24, 2.45) is 0 Å². The highest BCUT2D eigenvalue weighted by Gasteiger charge is 2.21. The van der Waals surface area contributed by atoms with Crippen LogP contribution in [0.15, 0.2) is 18.2 Å². The minimum Gasteiger partial charge on any atom is -0.496 e. The highest BCUT2D eigenvalue weighted by atomic mass is 16.7. The molecule has 7 heteroatoms. The summed E-state index contributed by atoms with van der Waals surface area (Å²) in [7, 11) is 1.67. The van der Waals surface area contributed by atoms with E-state index in [0.29, 0.717) is 0 Å². The fraction of sp³-hybridized carbons (Fsp3) is 0.471. The van der Waals surface area contributed by atoms with Crippen LogP contribution in [0, 0.1) is 0 Å². The number of hydrogen-bond acceptors (Lipinski definition) is 6. The molecule has 0 saturated heterocycles. The monoisotopic (exact) mass is 331 g/mol. The van der Waals surface area contributed by atoms with Crippen molar-refractivity contribution < 1.29 is 19.3 Å². The van der Waals surface area contributed by atoms with Crippen LogP contribution in [0.25, 0.3) is 0 Å². The Labute approximate surface area is 140 Å². The molecule has 0 atom stereocenters. The maximum absolute atomic E-state index is 9.28. The predicted molar refractivity (Wildman–Crippen MR) is 86.0 cm³/mol. The Kier molecular flexibility index (Phi) is 4.03. The number of fused-ring (bicyclic) bond motifs is 2. The third-order valence-electron chi connectivity index (χ3n) is 4.48. The first-order valence-electron chi connectivity index (χ1n) is 8.12. The topological polar surface area (TPSA) is 69.0 Å². The molecule has 1 N–H and O–H groups in total. The first kappa shape index (κ1) is 15.3. The van der Waals surface area contributed by atoms with Crippen LogP contribution in [0.3, 0.4) is 0 Å². The van der Waals surface area contributed by atoms with Crippen molar-refractivity contribution in [3.05, 3.63) is 35.2 Å². The van der Waals surface area contributed by atoms with Gasteiger partial charge in [0.05, 0.1) is 25.1 Å². The lowest BCUT2D eigenvalue weighted by Crippen LogP contribution is -2.23. The molecule has 1 aromatic heterocycles. The van der Waals surface area contributed by atoms with Crippen LogP contribution in [0.4, 0.5) is 0 Å². The molecule has 0 spiro atoms. The maximum atomic E-state index is 9.28. The van der Waals surface area contributed by atoms with Crippen LogP contribution in [-0.2, 0) is 26.2 Å². The van der Waals surface area contributed by atoms with Crippen LogP contribution in [0.1, 0.15) is 23.4 Å². The minimum atomic E-state index is -0.0179. The van der Waals surface area contributed by atoms with E-state index in [4.69, 9.17) is 14.2 Å². The molecule has 0 saturated carbocycles. The van der Waals surface area contributed by atoms with Crippen molar-refractivity contribution in [2.45, 2.75) is 32.7 Å². The quantitative estimate of drug-likeness (QED) is 0.916. The Hall–Kier alpha value is -2.25. The fourth-order valence-electron chi connectivity index (χ4n) is 3.32. The molecule has 7 nitrogen and oxygen atoms in total. The van der Waals surface area contributed by atoms with Gasteiger partial charge in [-0.2, -0.15) is 5.10 Å². The Morgan fingerprint density at radius 3 is 2.83 bits per heavy atom.